The molecule has 0 aromatic heterocycles. The summed E-state index contributed by atoms with van der Waals surface area (Å²) >= 11 is 18.7. The second-order valence-corrected chi connectivity index (χ2v) is 13.3. The minimum Gasteiger partial charge on any atom is -0.352 e. The minimum atomic E-state index is -3.62. The summed E-state index contributed by atoms with van der Waals surface area (Å²) in [5, 5.41) is 4.44. The Labute approximate surface area is 246 Å². The van der Waals surface area contributed by atoms with Crippen LogP contribution in [0.4, 0.5) is 5.69 Å². The quantitative estimate of drug-likeness (QED) is 0.318. The third kappa shape index (κ3) is 8.74. The highest BCUT2D eigenvalue weighted by molar-refractivity contribution is 7.92. The SMILES string of the molecule is Cc1c(Cl)cccc1N(CCCC(=O)N(Cc1ccc(Cl)cc1Cl)[C@@H](C)C(=O)NC1CCCCC1)S(C)(=O)=O. The molecule has 0 heterocycles. The molecule has 0 saturated heterocycles. The minimum absolute atomic E-state index is 0.0396. The summed E-state index contributed by atoms with van der Waals surface area (Å²) in [6, 6.07) is 9.48. The van der Waals surface area contributed by atoms with E-state index in [0.29, 0.717) is 31.9 Å². The van der Waals surface area contributed by atoms with Crippen molar-refractivity contribution in [3.63, 3.8) is 0 Å². The van der Waals surface area contributed by atoms with Crippen LogP contribution in [0, 0.1) is 6.92 Å². The fraction of sp³-hybridized carbons (Fsp3) is 0.500. The average molecular weight is 617 g/mol. The molecule has 39 heavy (non-hydrogen) atoms. The van der Waals surface area contributed by atoms with Crippen molar-refractivity contribution in [2.24, 2.45) is 0 Å². The molecule has 11 heteroatoms. The maximum Gasteiger partial charge on any atom is 0.242 e. The van der Waals surface area contributed by atoms with Gasteiger partial charge in [-0.25, -0.2) is 8.42 Å². The van der Waals surface area contributed by atoms with Crippen molar-refractivity contribution in [3.8, 4) is 0 Å². The van der Waals surface area contributed by atoms with Gasteiger partial charge in [0, 0.05) is 40.6 Å². The predicted octanol–water partition coefficient (Wildman–Crippen LogP) is 6.37. The van der Waals surface area contributed by atoms with E-state index in [9.17, 15) is 18.0 Å². The number of hydrogen-bond acceptors (Lipinski definition) is 4. The molecule has 7 nitrogen and oxygen atoms in total. The van der Waals surface area contributed by atoms with Gasteiger partial charge in [0.2, 0.25) is 21.8 Å². The van der Waals surface area contributed by atoms with Gasteiger partial charge in [0.15, 0.2) is 0 Å². The second-order valence-electron chi connectivity index (χ2n) is 10.1. The molecule has 0 bridgehead atoms. The van der Waals surface area contributed by atoms with E-state index >= 15 is 0 Å². The van der Waals surface area contributed by atoms with Crippen molar-refractivity contribution in [2.45, 2.75) is 77.4 Å². The number of hydrogen-bond donors (Lipinski definition) is 1. The second kappa shape index (κ2) is 14.1. The van der Waals surface area contributed by atoms with E-state index in [0.717, 1.165) is 31.9 Å². The van der Waals surface area contributed by atoms with Crippen LogP contribution in [0.3, 0.4) is 0 Å². The van der Waals surface area contributed by atoms with Crippen LogP contribution in [-0.4, -0.2) is 50.0 Å². The van der Waals surface area contributed by atoms with E-state index in [1.54, 1.807) is 50.2 Å². The Hall–Kier alpha value is -2.00. The van der Waals surface area contributed by atoms with E-state index in [4.69, 9.17) is 34.8 Å². The lowest BCUT2D eigenvalue weighted by Gasteiger charge is -2.32. The molecule has 1 aliphatic carbocycles. The molecule has 1 fully saturated rings. The number of carbonyl (C=O) groups is 2. The van der Waals surface area contributed by atoms with Crippen molar-refractivity contribution in [1.82, 2.24) is 10.2 Å². The molecule has 2 aromatic rings. The molecule has 0 radical (unpaired) electrons. The highest BCUT2D eigenvalue weighted by Gasteiger charge is 2.29. The van der Waals surface area contributed by atoms with Gasteiger partial charge in [-0.05, 0) is 68.5 Å². The van der Waals surface area contributed by atoms with E-state index in [-0.39, 0.29) is 43.8 Å². The normalized spacial score (nSPS) is 15.0. The first-order valence-corrected chi connectivity index (χ1v) is 16.1. The van der Waals surface area contributed by atoms with Crippen molar-refractivity contribution in [1.29, 1.82) is 0 Å². The van der Waals surface area contributed by atoms with Gasteiger partial charge >= 0.3 is 0 Å². The molecular formula is C28H36Cl3N3O4S. The lowest BCUT2D eigenvalue weighted by molar-refractivity contribution is -0.141. The molecule has 1 atom stereocenters. The maximum absolute atomic E-state index is 13.5. The number of sulfonamides is 1. The van der Waals surface area contributed by atoms with Crippen molar-refractivity contribution >= 4 is 62.3 Å². The highest BCUT2D eigenvalue weighted by atomic mass is 35.5. The van der Waals surface area contributed by atoms with Gasteiger partial charge in [0.1, 0.15) is 6.04 Å². The number of amides is 2. The Morgan fingerprint density at radius 3 is 2.38 bits per heavy atom. The van der Waals surface area contributed by atoms with Gasteiger partial charge in [-0.1, -0.05) is 66.2 Å². The van der Waals surface area contributed by atoms with Crippen molar-refractivity contribution in [3.05, 3.63) is 62.6 Å². The summed E-state index contributed by atoms with van der Waals surface area (Å²) < 4.78 is 26.5. The molecular weight excluding hydrogens is 581 g/mol. The summed E-state index contributed by atoms with van der Waals surface area (Å²) in [5.74, 6) is -0.490. The topological polar surface area (TPSA) is 86.8 Å². The number of carbonyl (C=O) groups excluding carboxylic acids is 2. The van der Waals surface area contributed by atoms with Crippen LogP contribution < -0.4 is 9.62 Å². The summed E-state index contributed by atoms with van der Waals surface area (Å²) in [4.78, 5) is 28.2. The molecule has 214 valence electrons. The third-order valence-electron chi connectivity index (χ3n) is 7.13. The number of anilines is 1. The van der Waals surface area contributed by atoms with Gasteiger partial charge < -0.3 is 10.2 Å². The Kier molecular flexibility index (Phi) is 11.4. The van der Waals surface area contributed by atoms with E-state index in [1.165, 1.54) is 15.6 Å². The summed E-state index contributed by atoms with van der Waals surface area (Å²) in [5.41, 5.74) is 1.78. The van der Waals surface area contributed by atoms with Crippen molar-refractivity contribution < 1.29 is 18.0 Å². The van der Waals surface area contributed by atoms with E-state index in [2.05, 4.69) is 5.32 Å². The first-order chi connectivity index (χ1) is 18.4. The molecule has 0 spiro atoms. The van der Waals surface area contributed by atoms with E-state index in [1.807, 2.05) is 0 Å². The number of halogens is 3. The molecule has 1 aliphatic rings. The van der Waals surface area contributed by atoms with Gasteiger partial charge in [0.25, 0.3) is 0 Å². The zero-order valence-electron chi connectivity index (χ0n) is 22.6. The Morgan fingerprint density at radius 2 is 1.74 bits per heavy atom. The Balaban J connectivity index is 1.77. The van der Waals surface area contributed by atoms with Crippen molar-refractivity contribution in [2.75, 3.05) is 17.1 Å². The van der Waals surface area contributed by atoms with Crippen LogP contribution in [0.25, 0.3) is 0 Å². The van der Waals surface area contributed by atoms with Crippen LogP contribution in [0.15, 0.2) is 36.4 Å². The van der Waals surface area contributed by atoms with Crippen LogP contribution in [0.2, 0.25) is 15.1 Å². The zero-order valence-corrected chi connectivity index (χ0v) is 25.6. The molecule has 3 rings (SSSR count). The number of nitrogens with one attached hydrogen (secondary N) is 1. The summed E-state index contributed by atoms with van der Waals surface area (Å²) in [6.45, 7) is 3.67. The largest absolute Gasteiger partial charge is 0.352 e. The average Bonchev–Trinajstić information content (AvgIpc) is 2.87. The van der Waals surface area contributed by atoms with Gasteiger partial charge in [-0.2, -0.15) is 0 Å². The molecule has 1 N–H and O–H groups in total. The van der Waals surface area contributed by atoms with Gasteiger partial charge in [-0.3, -0.25) is 13.9 Å². The summed E-state index contributed by atoms with van der Waals surface area (Å²) in [7, 11) is -3.62. The lowest BCUT2D eigenvalue weighted by Crippen LogP contribution is -2.50. The third-order valence-corrected chi connectivity index (χ3v) is 9.31. The number of nitrogens with zero attached hydrogens (tertiary/aromatic N) is 2. The zero-order chi connectivity index (χ0) is 28.7. The highest BCUT2D eigenvalue weighted by Crippen LogP contribution is 2.29. The first-order valence-electron chi connectivity index (χ1n) is 13.1. The standard InChI is InChI=1S/C28H36Cl3N3O4S/c1-19-24(30)11-7-12-26(19)34(39(3,37)38)16-8-13-27(35)33(18-21-14-15-22(29)17-25(21)31)20(2)28(36)32-23-9-5-4-6-10-23/h7,11-12,14-15,17,20,23H,4-6,8-10,13,16,18H2,1-3H3,(H,32,36)/t20-/m0/s1. The van der Waals surface area contributed by atoms with E-state index < -0.39 is 16.1 Å². The Morgan fingerprint density at radius 1 is 1.05 bits per heavy atom. The molecule has 2 aromatic carbocycles. The fourth-order valence-electron chi connectivity index (χ4n) is 4.83. The molecule has 0 unspecified atom stereocenters. The molecule has 2 amide bonds. The van der Waals surface area contributed by atoms with Crippen LogP contribution in [0.5, 0.6) is 0 Å². The number of rotatable bonds is 11. The monoisotopic (exact) mass is 615 g/mol. The van der Waals surface area contributed by atoms with Crippen LogP contribution in [-0.2, 0) is 26.2 Å². The predicted molar refractivity (Wildman–Crippen MR) is 159 cm³/mol. The molecule has 0 aliphatic heterocycles. The van der Waals surface area contributed by atoms with Gasteiger partial charge in [0.05, 0.1) is 11.9 Å². The van der Waals surface area contributed by atoms with Gasteiger partial charge in [-0.15, -0.1) is 0 Å². The first kappa shape index (κ1) is 31.5. The Bertz CT molecular complexity index is 1280. The summed E-state index contributed by atoms with van der Waals surface area (Å²) in [6.07, 6.45) is 6.59. The smallest absolute Gasteiger partial charge is 0.242 e. The fourth-order valence-corrected chi connectivity index (χ4v) is 6.49. The lowest BCUT2D eigenvalue weighted by atomic mass is 9.95. The number of benzene rings is 2. The van der Waals surface area contributed by atoms with Crippen LogP contribution in [0.1, 0.15) is 63.0 Å². The van der Waals surface area contributed by atoms with Crippen LogP contribution >= 0.6 is 34.8 Å². The maximum atomic E-state index is 13.5. The molecule has 1 saturated carbocycles.